The molecule has 0 unspecified atom stereocenters. The molecule has 3 aromatic rings. The van der Waals surface area contributed by atoms with Gasteiger partial charge in [0.1, 0.15) is 11.6 Å². The summed E-state index contributed by atoms with van der Waals surface area (Å²) < 4.78 is 6.98. The third kappa shape index (κ3) is 2.18. The first-order valence-corrected chi connectivity index (χ1v) is 8.34. The second-order valence-corrected chi connectivity index (χ2v) is 6.05. The summed E-state index contributed by atoms with van der Waals surface area (Å²) in [5, 5.41) is 5.30. The van der Waals surface area contributed by atoms with E-state index in [0.29, 0.717) is 18.0 Å². The molecule has 2 heterocycles. The van der Waals surface area contributed by atoms with E-state index in [-0.39, 0.29) is 5.91 Å². The highest BCUT2D eigenvalue weighted by Gasteiger charge is 2.24. The molecule has 0 fully saturated rings. The van der Waals surface area contributed by atoms with Crippen molar-refractivity contribution in [2.24, 2.45) is 0 Å². The molecular weight excluding hydrogens is 304 g/mol. The largest absolute Gasteiger partial charge is 0.492 e. The number of fused-ring (bicyclic) bond motifs is 2. The van der Waals surface area contributed by atoms with Gasteiger partial charge in [-0.05, 0) is 50.8 Å². The first kappa shape index (κ1) is 14.8. The van der Waals surface area contributed by atoms with Gasteiger partial charge in [0.05, 0.1) is 23.4 Å². The van der Waals surface area contributed by atoms with Crippen molar-refractivity contribution >= 4 is 22.6 Å². The third-order valence-electron chi connectivity index (χ3n) is 4.60. The number of benzene rings is 1. The van der Waals surface area contributed by atoms with Crippen LogP contribution in [-0.4, -0.2) is 27.3 Å². The minimum absolute atomic E-state index is 0.199. The van der Waals surface area contributed by atoms with Crippen molar-refractivity contribution in [2.45, 2.75) is 32.6 Å². The Morgan fingerprint density at radius 2 is 2.17 bits per heavy atom. The molecular formula is C18H20N4O2. The van der Waals surface area contributed by atoms with Crippen molar-refractivity contribution < 1.29 is 9.53 Å². The second kappa shape index (κ2) is 5.70. The number of H-pyrrole nitrogens is 1. The van der Waals surface area contributed by atoms with Gasteiger partial charge in [-0.15, -0.1) is 0 Å². The molecule has 3 N–H and O–H groups in total. The molecule has 0 amide bonds. The van der Waals surface area contributed by atoms with E-state index in [9.17, 15) is 4.79 Å². The smallest absolute Gasteiger partial charge is 0.280 e. The molecule has 6 nitrogen and oxygen atoms in total. The number of carbonyl (C=O) groups is 1. The summed E-state index contributed by atoms with van der Waals surface area (Å²) >= 11 is 0. The second-order valence-electron chi connectivity index (χ2n) is 6.05. The average Bonchev–Trinajstić information content (AvgIpc) is 3.21. The lowest BCUT2D eigenvalue weighted by Crippen LogP contribution is -2.17. The van der Waals surface area contributed by atoms with Crippen LogP contribution in [0.5, 0.6) is 5.75 Å². The van der Waals surface area contributed by atoms with Crippen LogP contribution in [0.1, 0.15) is 41.4 Å². The zero-order valence-corrected chi connectivity index (χ0v) is 13.6. The number of rotatable bonds is 3. The van der Waals surface area contributed by atoms with E-state index in [1.54, 1.807) is 12.3 Å². The first-order chi connectivity index (χ1) is 11.7. The lowest BCUT2D eigenvalue weighted by atomic mass is 9.98. The van der Waals surface area contributed by atoms with Gasteiger partial charge in [-0.1, -0.05) is 0 Å². The number of hydrogen-bond acceptors (Lipinski definition) is 4. The fourth-order valence-corrected chi connectivity index (χ4v) is 3.44. The quantitative estimate of drug-likeness (QED) is 0.775. The molecule has 0 saturated heterocycles. The first-order valence-electron chi connectivity index (χ1n) is 8.34. The topological polar surface area (TPSA) is 85.9 Å². The maximum atomic E-state index is 13.0. The van der Waals surface area contributed by atoms with Crippen LogP contribution >= 0.6 is 0 Å². The number of nitrogens with zero attached hydrogens (tertiary/aromatic N) is 2. The van der Waals surface area contributed by atoms with Crippen LogP contribution in [0.3, 0.4) is 0 Å². The Morgan fingerprint density at radius 1 is 1.33 bits per heavy atom. The molecule has 1 aliphatic carbocycles. The molecule has 0 radical (unpaired) electrons. The van der Waals surface area contributed by atoms with E-state index < -0.39 is 0 Å². The van der Waals surface area contributed by atoms with Gasteiger partial charge < -0.3 is 15.5 Å². The Balaban J connectivity index is 1.81. The molecule has 0 bridgehead atoms. The van der Waals surface area contributed by atoms with Gasteiger partial charge in [-0.2, -0.15) is 9.78 Å². The monoisotopic (exact) mass is 324 g/mol. The van der Waals surface area contributed by atoms with Crippen molar-refractivity contribution in [1.29, 1.82) is 0 Å². The van der Waals surface area contributed by atoms with E-state index in [0.717, 1.165) is 53.6 Å². The minimum Gasteiger partial charge on any atom is -0.492 e. The summed E-state index contributed by atoms with van der Waals surface area (Å²) in [6.45, 7) is 2.50. The van der Waals surface area contributed by atoms with Crippen molar-refractivity contribution in [1.82, 2.24) is 14.8 Å². The summed E-state index contributed by atoms with van der Waals surface area (Å²) in [6.07, 6.45) is 5.80. The molecule has 24 heavy (non-hydrogen) atoms. The highest BCUT2D eigenvalue weighted by molar-refractivity contribution is 6.09. The number of anilines is 1. The number of hydrogen-bond donors (Lipinski definition) is 2. The Hall–Kier alpha value is -2.76. The van der Waals surface area contributed by atoms with Crippen LogP contribution in [0.15, 0.2) is 24.4 Å². The number of carbonyl (C=O) groups excluding carboxylic acids is 1. The zero-order valence-electron chi connectivity index (χ0n) is 13.6. The van der Waals surface area contributed by atoms with Gasteiger partial charge in [0.15, 0.2) is 0 Å². The molecule has 1 aromatic carbocycles. The molecule has 1 aliphatic rings. The Kier molecular flexibility index (Phi) is 3.52. The molecule has 0 saturated carbocycles. The van der Waals surface area contributed by atoms with E-state index in [2.05, 4.69) is 10.1 Å². The molecule has 6 heteroatoms. The van der Waals surface area contributed by atoms with Crippen LogP contribution in [-0.2, 0) is 12.8 Å². The van der Waals surface area contributed by atoms with Crippen LogP contribution in [0.2, 0.25) is 0 Å². The van der Waals surface area contributed by atoms with Crippen molar-refractivity contribution in [3.05, 3.63) is 41.2 Å². The minimum atomic E-state index is -0.199. The van der Waals surface area contributed by atoms with Gasteiger partial charge in [-0.3, -0.25) is 4.79 Å². The van der Waals surface area contributed by atoms with Crippen LogP contribution in [0.25, 0.3) is 10.9 Å². The van der Waals surface area contributed by atoms with Gasteiger partial charge >= 0.3 is 0 Å². The van der Waals surface area contributed by atoms with E-state index >= 15 is 0 Å². The predicted molar refractivity (Wildman–Crippen MR) is 92.5 cm³/mol. The third-order valence-corrected chi connectivity index (χ3v) is 4.60. The van der Waals surface area contributed by atoms with E-state index in [1.165, 1.54) is 4.68 Å². The van der Waals surface area contributed by atoms with Gasteiger partial charge in [0, 0.05) is 17.1 Å². The molecule has 2 aromatic heterocycles. The Morgan fingerprint density at radius 3 is 2.96 bits per heavy atom. The summed E-state index contributed by atoms with van der Waals surface area (Å²) in [6, 6.07) is 5.48. The van der Waals surface area contributed by atoms with Crippen LogP contribution < -0.4 is 10.5 Å². The molecule has 0 aliphatic heterocycles. The Labute approximate surface area is 139 Å². The number of nitrogens with one attached hydrogen (secondary N) is 1. The van der Waals surface area contributed by atoms with Crippen LogP contribution in [0, 0.1) is 0 Å². The maximum Gasteiger partial charge on any atom is 0.280 e. The van der Waals surface area contributed by atoms with Crippen LogP contribution in [0.4, 0.5) is 5.82 Å². The summed E-state index contributed by atoms with van der Waals surface area (Å²) in [4.78, 5) is 16.2. The summed E-state index contributed by atoms with van der Waals surface area (Å²) in [5.41, 5.74) is 9.59. The number of nitrogen functional groups attached to an aromatic ring is 1. The van der Waals surface area contributed by atoms with Crippen molar-refractivity contribution in [3.63, 3.8) is 0 Å². The number of aromatic nitrogens is 3. The lowest BCUT2D eigenvalue weighted by Gasteiger charge is -2.09. The number of aryl methyl sites for hydroxylation is 1. The molecule has 124 valence electrons. The predicted octanol–water partition coefficient (Wildman–Crippen LogP) is 2.91. The fourth-order valence-electron chi connectivity index (χ4n) is 3.44. The SMILES string of the molecule is CCOc1ccc(C(=O)n2nc3c(c2N)CCCC3)c2cc[nH]c12. The van der Waals surface area contributed by atoms with Gasteiger partial charge in [0.25, 0.3) is 5.91 Å². The highest BCUT2D eigenvalue weighted by atomic mass is 16.5. The summed E-state index contributed by atoms with van der Waals surface area (Å²) in [5.74, 6) is 1.02. The normalized spacial score (nSPS) is 13.9. The lowest BCUT2D eigenvalue weighted by molar-refractivity contribution is 0.0949. The van der Waals surface area contributed by atoms with E-state index in [4.69, 9.17) is 10.5 Å². The zero-order chi connectivity index (χ0) is 16.7. The summed E-state index contributed by atoms with van der Waals surface area (Å²) in [7, 11) is 0. The number of ether oxygens (including phenoxy) is 1. The fraction of sp³-hybridized carbons (Fsp3) is 0.333. The molecule has 0 spiro atoms. The molecule has 4 rings (SSSR count). The van der Waals surface area contributed by atoms with Gasteiger partial charge in [-0.25, -0.2) is 0 Å². The van der Waals surface area contributed by atoms with E-state index in [1.807, 2.05) is 19.1 Å². The maximum absolute atomic E-state index is 13.0. The molecule has 0 atom stereocenters. The van der Waals surface area contributed by atoms with Crippen molar-refractivity contribution in [2.75, 3.05) is 12.3 Å². The number of aromatic amines is 1. The highest BCUT2D eigenvalue weighted by Crippen LogP contribution is 2.30. The van der Waals surface area contributed by atoms with Gasteiger partial charge in [0.2, 0.25) is 0 Å². The standard InChI is InChI=1S/C18H20N4O2/c1-2-24-15-8-7-12(11-9-10-20-16(11)15)18(23)22-17(19)13-5-3-4-6-14(13)21-22/h7-10,20H,2-6,19H2,1H3. The Bertz CT molecular complexity index is 923. The van der Waals surface area contributed by atoms with Crippen molar-refractivity contribution in [3.8, 4) is 5.75 Å². The number of nitrogens with two attached hydrogens (primary N) is 1. The average molecular weight is 324 g/mol.